The lowest BCUT2D eigenvalue weighted by Crippen LogP contribution is -2.44. The van der Waals surface area contributed by atoms with E-state index in [4.69, 9.17) is 25.8 Å². The molecule has 1 aliphatic heterocycles. The van der Waals surface area contributed by atoms with Gasteiger partial charge in [-0.25, -0.2) is 4.79 Å². The number of carbonyl (C=O) groups excluding carboxylic acids is 2. The predicted molar refractivity (Wildman–Crippen MR) is 99.6 cm³/mol. The zero-order valence-corrected chi connectivity index (χ0v) is 15.4. The largest absolute Gasteiger partial charge is 0.482 e. The number of esters is 1. The Bertz CT molecular complexity index is 777. The van der Waals surface area contributed by atoms with Crippen molar-refractivity contribution >= 4 is 23.5 Å². The van der Waals surface area contributed by atoms with Crippen LogP contribution in [0.25, 0.3) is 0 Å². The SMILES string of the molecule is O=C(COc1cccc(Cl)c1)O[C@@H](C(=O)N1CCOCC1)c1ccccc1. The van der Waals surface area contributed by atoms with Crippen LogP contribution in [0.2, 0.25) is 5.02 Å². The molecule has 1 atom stereocenters. The molecular formula is C20H20ClNO5. The molecule has 0 saturated carbocycles. The fraction of sp³-hybridized carbons (Fsp3) is 0.300. The lowest BCUT2D eigenvalue weighted by atomic mass is 10.1. The van der Waals surface area contributed by atoms with Gasteiger partial charge in [0.1, 0.15) is 5.75 Å². The first-order valence-corrected chi connectivity index (χ1v) is 9.00. The third kappa shape index (κ3) is 5.45. The molecule has 142 valence electrons. The van der Waals surface area contributed by atoms with Crippen LogP contribution in [0.3, 0.4) is 0 Å². The number of nitrogens with zero attached hydrogens (tertiary/aromatic N) is 1. The summed E-state index contributed by atoms with van der Waals surface area (Å²) in [5, 5.41) is 0.505. The molecule has 1 heterocycles. The number of halogens is 1. The molecule has 0 N–H and O–H groups in total. The van der Waals surface area contributed by atoms with E-state index in [1.807, 2.05) is 6.07 Å². The Morgan fingerprint density at radius 3 is 2.52 bits per heavy atom. The summed E-state index contributed by atoms with van der Waals surface area (Å²) in [4.78, 5) is 26.8. The molecule has 0 aromatic heterocycles. The third-order valence-corrected chi connectivity index (χ3v) is 4.29. The van der Waals surface area contributed by atoms with Crippen molar-refractivity contribution in [1.82, 2.24) is 4.90 Å². The molecule has 1 aliphatic rings. The first-order valence-electron chi connectivity index (χ1n) is 8.63. The van der Waals surface area contributed by atoms with Gasteiger partial charge in [0.15, 0.2) is 6.61 Å². The molecule has 6 nitrogen and oxygen atoms in total. The smallest absolute Gasteiger partial charge is 0.345 e. The molecule has 27 heavy (non-hydrogen) atoms. The van der Waals surface area contributed by atoms with Crippen LogP contribution < -0.4 is 4.74 Å². The zero-order valence-electron chi connectivity index (χ0n) is 14.7. The Morgan fingerprint density at radius 1 is 1.07 bits per heavy atom. The molecule has 1 amide bonds. The second kappa shape index (κ2) is 9.39. The summed E-state index contributed by atoms with van der Waals surface area (Å²) in [5.41, 5.74) is 0.616. The molecule has 1 saturated heterocycles. The highest BCUT2D eigenvalue weighted by Gasteiger charge is 2.30. The van der Waals surface area contributed by atoms with Crippen LogP contribution in [0.1, 0.15) is 11.7 Å². The monoisotopic (exact) mass is 389 g/mol. The Balaban J connectivity index is 1.67. The normalized spacial score (nSPS) is 15.1. The highest BCUT2D eigenvalue weighted by Crippen LogP contribution is 2.22. The van der Waals surface area contributed by atoms with Crippen molar-refractivity contribution in [3.63, 3.8) is 0 Å². The quantitative estimate of drug-likeness (QED) is 0.711. The van der Waals surface area contributed by atoms with E-state index in [2.05, 4.69) is 0 Å². The summed E-state index contributed by atoms with van der Waals surface area (Å²) in [6.07, 6.45) is -1.01. The molecule has 2 aromatic carbocycles. The number of amides is 1. The van der Waals surface area contributed by atoms with Gasteiger partial charge in [-0.15, -0.1) is 0 Å². The van der Waals surface area contributed by atoms with Crippen LogP contribution >= 0.6 is 11.6 Å². The lowest BCUT2D eigenvalue weighted by Gasteiger charge is -2.30. The van der Waals surface area contributed by atoms with E-state index in [0.717, 1.165) is 0 Å². The summed E-state index contributed by atoms with van der Waals surface area (Å²) in [5.74, 6) is -0.443. The van der Waals surface area contributed by atoms with E-state index in [9.17, 15) is 9.59 Å². The minimum atomic E-state index is -1.01. The third-order valence-electron chi connectivity index (χ3n) is 4.05. The topological polar surface area (TPSA) is 65.1 Å². The van der Waals surface area contributed by atoms with Gasteiger partial charge in [0, 0.05) is 23.7 Å². The summed E-state index contributed by atoms with van der Waals surface area (Å²) < 4.78 is 16.2. The average Bonchev–Trinajstić information content (AvgIpc) is 2.71. The molecule has 0 bridgehead atoms. The first-order chi connectivity index (χ1) is 13.1. The van der Waals surface area contributed by atoms with E-state index in [1.54, 1.807) is 53.4 Å². The van der Waals surface area contributed by atoms with Crippen LogP contribution in [-0.2, 0) is 19.1 Å². The van der Waals surface area contributed by atoms with Gasteiger partial charge < -0.3 is 19.1 Å². The van der Waals surface area contributed by atoms with Gasteiger partial charge in [-0.05, 0) is 18.2 Å². The predicted octanol–water partition coefficient (Wildman–Crippen LogP) is 2.86. The molecule has 3 rings (SSSR count). The number of rotatable bonds is 6. The minimum Gasteiger partial charge on any atom is -0.482 e. The van der Waals surface area contributed by atoms with Crippen molar-refractivity contribution in [2.24, 2.45) is 0 Å². The Labute approximate surface area is 162 Å². The second-order valence-electron chi connectivity index (χ2n) is 5.96. The van der Waals surface area contributed by atoms with Crippen LogP contribution in [0.15, 0.2) is 54.6 Å². The molecule has 0 spiro atoms. The highest BCUT2D eigenvalue weighted by molar-refractivity contribution is 6.30. The standard InChI is InChI=1S/C20H20ClNO5/c21-16-7-4-8-17(13-16)26-14-18(23)27-19(15-5-2-1-3-6-15)20(24)22-9-11-25-12-10-22/h1-8,13,19H,9-12,14H2/t19-/m1/s1. The number of ether oxygens (including phenoxy) is 3. The Hall–Kier alpha value is -2.57. The Kier molecular flexibility index (Phi) is 6.68. The maximum absolute atomic E-state index is 12.9. The van der Waals surface area contributed by atoms with Gasteiger partial charge in [-0.3, -0.25) is 4.79 Å². The Morgan fingerprint density at radius 2 is 1.81 bits per heavy atom. The van der Waals surface area contributed by atoms with Gasteiger partial charge >= 0.3 is 5.97 Å². The molecular weight excluding hydrogens is 370 g/mol. The number of hydrogen-bond acceptors (Lipinski definition) is 5. The summed E-state index contributed by atoms with van der Waals surface area (Å²) in [7, 11) is 0. The van der Waals surface area contributed by atoms with Crippen molar-refractivity contribution in [1.29, 1.82) is 0 Å². The fourth-order valence-electron chi connectivity index (χ4n) is 2.70. The summed E-state index contributed by atoms with van der Waals surface area (Å²) in [6.45, 7) is 1.57. The van der Waals surface area contributed by atoms with E-state index >= 15 is 0 Å². The fourth-order valence-corrected chi connectivity index (χ4v) is 2.88. The van der Waals surface area contributed by atoms with Crippen molar-refractivity contribution in [3.05, 3.63) is 65.2 Å². The maximum Gasteiger partial charge on any atom is 0.345 e. The van der Waals surface area contributed by atoms with E-state index in [1.165, 1.54) is 0 Å². The van der Waals surface area contributed by atoms with E-state index < -0.39 is 12.1 Å². The van der Waals surface area contributed by atoms with Crippen molar-refractivity contribution in [2.75, 3.05) is 32.9 Å². The van der Waals surface area contributed by atoms with Gasteiger partial charge in [0.25, 0.3) is 5.91 Å². The maximum atomic E-state index is 12.9. The van der Waals surface area contributed by atoms with Crippen LogP contribution in [0.5, 0.6) is 5.75 Å². The van der Waals surface area contributed by atoms with Gasteiger partial charge in [-0.2, -0.15) is 0 Å². The summed E-state index contributed by atoms with van der Waals surface area (Å²) in [6, 6.07) is 15.7. The minimum absolute atomic E-state index is 0.263. The summed E-state index contributed by atoms with van der Waals surface area (Å²) >= 11 is 5.90. The van der Waals surface area contributed by atoms with Crippen LogP contribution in [0.4, 0.5) is 0 Å². The van der Waals surface area contributed by atoms with Crippen LogP contribution in [-0.4, -0.2) is 49.7 Å². The van der Waals surface area contributed by atoms with Gasteiger partial charge in [0.2, 0.25) is 6.10 Å². The van der Waals surface area contributed by atoms with Crippen molar-refractivity contribution in [3.8, 4) is 5.75 Å². The molecule has 0 radical (unpaired) electrons. The second-order valence-corrected chi connectivity index (χ2v) is 6.40. The average molecular weight is 390 g/mol. The molecule has 0 unspecified atom stereocenters. The number of morpholine rings is 1. The number of hydrogen-bond donors (Lipinski definition) is 0. The highest BCUT2D eigenvalue weighted by atomic mass is 35.5. The lowest BCUT2D eigenvalue weighted by molar-refractivity contribution is -0.164. The van der Waals surface area contributed by atoms with Crippen molar-refractivity contribution in [2.45, 2.75) is 6.10 Å². The van der Waals surface area contributed by atoms with Gasteiger partial charge in [0.05, 0.1) is 13.2 Å². The first kappa shape index (κ1) is 19.2. The van der Waals surface area contributed by atoms with E-state index in [0.29, 0.717) is 42.6 Å². The molecule has 0 aliphatic carbocycles. The van der Waals surface area contributed by atoms with Crippen LogP contribution in [0, 0.1) is 0 Å². The van der Waals surface area contributed by atoms with Crippen molar-refractivity contribution < 1.29 is 23.8 Å². The number of benzene rings is 2. The number of carbonyl (C=O) groups is 2. The zero-order chi connectivity index (χ0) is 19.1. The van der Waals surface area contributed by atoms with E-state index in [-0.39, 0.29) is 12.5 Å². The molecule has 2 aromatic rings. The van der Waals surface area contributed by atoms with Gasteiger partial charge in [-0.1, -0.05) is 48.0 Å². The molecule has 7 heteroatoms. The molecule has 1 fully saturated rings.